The van der Waals surface area contributed by atoms with E-state index in [9.17, 15) is 0 Å². The molecule has 2 aliphatic carbocycles. The average molecular weight is 537 g/mol. The number of hydrogen-bond donors (Lipinski definition) is 0. The maximum absolute atomic E-state index is 2.52. The van der Waals surface area contributed by atoms with Crippen LogP contribution in [-0.4, -0.2) is 0 Å². The smallest absolute Gasteiger partial charge is 0.0183 e. The van der Waals surface area contributed by atoms with Gasteiger partial charge in [-0.25, -0.2) is 0 Å². The van der Waals surface area contributed by atoms with E-state index in [1.165, 1.54) is 55.6 Å². The van der Waals surface area contributed by atoms with Crippen LogP contribution in [0.1, 0.15) is 106 Å². The van der Waals surface area contributed by atoms with Crippen LogP contribution in [0.5, 0.6) is 0 Å². The molecule has 41 heavy (non-hydrogen) atoms. The molecule has 0 saturated heterocycles. The van der Waals surface area contributed by atoms with E-state index < -0.39 is 0 Å². The van der Waals surface area contributed by atoms with Crippen molar-refractivity contribution in [1.29, 1.82) is 0 Å². The third-order valence-electron chi connectivity index (χ3n) is 9.53. The second-order valence-corrected chi connectivity index (χ2v) is 14.4. The molecule has 0 spiro atoms. The normalized spacial score (nSPS) is 16.5. The van der Waals surface area contributed by atoms with Crippen LogP contribution >= 0.6 is 0 Å². The van der Waals surface area contributed by atoms with Crippen molar-refractivity contribution in [2.24, 2.45) is 0 Å². The van der Waals surface area contributed by atoms with Gasteiger partial charge in [-0.15, -0.1) is 0 Å². The monoisotopic (exact) mass is 536 g/mol. The highest BCUT2D eigenvalue weighted by atomic mass is 14.4. The van der Waals surface area contributed by atoms with E-state index >= 15 is 0 Å². The van der Waals surface area contributed by atoms with Crippen LogP contribution in [0.25, 0.3) is 16.7 Å². The summed E-state index contributed by atoms with van der Waals surface area (Å²) in [6.07, 6.45) is 8.90. The number of benzene rings is 4. The van der Waals surface area contributed by atoms with E-state index in [0.717, 1.165) is 12.8 Å². The zero-order chi connectivity index (χ0) is 29.0. The number of hydrogen-bond acceptors (Lipinski definition) is 0. The van der Waals surface area contributed by atoms with Crippen molar-refractivity contribution >= 4 is 5.57 Å². The molecule has 4 aromatic carbocycles. The van der Waals surface area contributed by atoms with Crippen LogP contribution in [0.15, 0.2) is 109 Å². The van der Waals surface area contributed by atoms with Crippen molar-refractivity contribution in [1.82, 2.24) is 0 Å². The molecule has 4 aromatic rings. The van der Waals surface area contributed by atoms with Gasteiger partial charge in [0.05, 0.1) is 0 Å². The Morgan fingerprint density at radius 2 is 1.15 bits per heavy atom. The summed E-state index contributed by atoms with van der Waals surface area (Å²) in [4.78, 5) is 0. The predicted octanol–water partition coefficient (Wildman–Crippen LogP) is 11.1. The zero-order valence-corrected chi connectivity index (χ0v) is 25.9. The molecule has 0 aliphatic heterocycles. The maximum atomic E-state index is 2.52. The molecule has 208 valence electrons. The Kier molecular flexibility index (Phi) is 6.73. The molecule has 0 amide bonds. The van der Waals surface area contributed by atoms with Crippen LogP contribution in [0.3, 0.4) is 0 Å². The minimum atomic E-state index is -0.142. The fraction of sp³-hybridized carbons (Fsp3) is 0.317. The van der Waals surface area contributed by atoms with Gasteiger partial charge in [0.15, 0.2) is 0 Å². The molecule has 0 heterocycles. The van der Waals surface area contributed by atoms with E-state index in [0.29, 0.717) is 5.92 Å². The zero-order valence-electron chi connectivity index (χ0n) is 25.9. The summed E-state index contributed by atoms with van der Waals surface area (Å²) in [5, 5.41) is 0. The lowest BCUT2D eigenvalue weighted by atomic mass is 9.68. The molecule has 0 heteroatoms. The minimum Gasteiger partial charge on any atom is -0.0801 e. The van der Waals surface area contributed by atoms with Crippen LogP contribution in [0.2, 0.25) is 0 Å². The van der Waals surface area contributed by atoms with E-state index in [-0.39, 0.29) is 16.2 Å². The van der Waals surface area contributed by atoms with Crippen LogP contribution in [0, 0.1) is 0 Å². The Morgan fingerprint density at radius 3 is 1.68 bits per heavy atom. The Balaban J connectivity index is 1.63. The van der Waals surface area contributed by atoms with Gasteiger partial charge in [-0.1, -0.05) is 158 Å². The SMILES string of the molecule is CC(C)(C)c1ccc2c(c1)-c1cc(C(C)(C)C)cc(C3=CC=CC3)c1C2CC(C)(c1ccccc1)c1ccccc1. The Morgan fingerprint density at radius 1 is 0.585 bits per heavy atom. The lowest BCUT2D eigenvalue weighted by Gasteiger charge is -2.35. The number of fused-ring (bicyclic) bond motifs is 3. The molecule has 0 bridgehead atoms. The fourth-order valence-corrected chi connectivity index (χ4v) is 6.95. The maximum Gasteiger partial charge on any atom is 0.0183 e. The summed E-state index contributed by atoms with van der Waals surface area (Å²) in [6, 6.07) is 34.7. The molecule has 2 aliphatic rings. The third-order valence-corrected chi connectivity index (χ3v) is 9.53. The average Bonchev–Trinajstić information content (AvgIpc) is 3.60. The van der Waals surface area contributed by atoms with Gasteiger partial charge in [-0.2, -0.15) is 0 Å². The fourth-order valence-electron chi connectivity index (χ4n) is 6.95. The van der Waals surface area contributed by atoms with E-state index in [2.05, 4.69) is 158 Å². The second kappa shape index (κ2) is 10.0. The summed E-state index contributed by atoms with van der Waals surface area (Å²) in [5.41, 5.74) is 14.4. The van der Waals surface area contributed by atoms with Crippen molar-refractivity contribution in [3.63, 3.8) is 0 Å². The van der Waals surface area contributed by atoms with Gasteiger partial charge in [-0.3, -0.25) is 0 Å². The first-order valence-corrected chi connectivity index (χ1v) is 15.3. The highest BCUT2D eigenvalue weighted by Gasteiger charge is 2.40. The quantitative estimate of drug-likeness (QED) is 0.238. The number of allylic oxidation sites excluding steroid dienone is 4. The first-order chi connectivity index (χ1) is 19.5. The summed E-state index contributed by atoms with van der Waals surface area (Å²) in [6.45, 7) is 16.5. The van der Waals surface area contributed by atoms with Crippen LogP contribution in [0.4, 0.5) is 0 Å². The molecule has 6 rings (SSSR count). The molecule has 0 fully saturated rings. The van der Waals surface area contributed by atoms with Gasteiger partial charge < -0.3 is 0 Å². The predicted molar refractivity (Wildman–Crippen MR) is 177 cm³/mol. The molecule has 0 radical (unpaired) electrons. The van der Waals surface area contributed by atoms with Crippen molar-refractivity contribution < 1.29 is 0 Å². The van der Waals surface area contributed by atoms with Crippen molar-refractivity contribution in [3.8, 4) is 11.1 Å². The van der Waals surface area contributed by atoms with Crippen molar-refractivity contribution in [2.75, 3.05) is 0 Å². The Hall–Kier alpha value is -3.64. The van der Waals surface area contributed by atoms with Gasteiger partial charge in [0.1, 0.15) is 0 Å². The lowest BCUT2D eigenvalue weighted by Crippen LogP contribution is -2.27. The first-order valence-electron chi connectivity index (χ1n) is 15.3. The molecule has 1 unspecified atom stereocenters. The summed E-state index contributed by atoms with van der Waals surface area (Å²) < 4.78 is 0. The topological polar surface area (TPSA) is 0 Å². The number of rotatable bonds is 5. The molecular weight excluding hydrogens is 492 g/mol. The second-order valence-electron chi connectivity index (χ2n) is 14.4. The van der Waals surface area contributed by atoms with Crippen LogP contribution in [-0.2, 0) is 16.2 Å². The van der Waals surface area contributed by atoms with Crippen LogP contribution < -0.4 is 0 Å². The van der Waals surface area contributed by atoms with Crippen molar-refractivity contribution in [3.05, 3.63) is 148 Å². The lowest BCUT2D eigenvalue weighted by molar-refractivity contribution is 0.489. The third kappa shape index (κ3) is 4.93. The van der Waals surface area contributed by atoms with Gasteiger partial charge >= 0.3 is 0 Å². The Labute approximate surface area is 247 Å². The van der Waals surface area contributed by atoms with Gasteiger partial charge in [0, 0.05) is 11.3 Å². The van der Waals surface area contributed by atoms with Gasteiger partial charge in [0.2, 0.25) is 0 Å². The molecule has 0 nitrogen and oxygen atoms in total. The summed E-state index contributed by atoms with van der Waals surface area (Å²) >= 11 is 0. The standard InChI is InChI=1S/C41H44/c1-39(2,3)31-22-23-33-35(24-31)36-26-32(40(4,5)6)25-34(28-16-14-15-17-28)38(36)37(33)27-41(7,29-18-10-8-11-19-29)30-20-12-9-13-21-30/h8-16,18-26,37H,17,27H2,1-7H3. The summed E-state index contributed by atoms with van der Waals surface area (Å²) in [7, 11) is 0. The molecule has 0 aromatic heterocycles. The molecule has 0 N–H and O–H groups in total. The minimum absolute atomic E-state index is 0.0683. The van der Waals surface area contributed by atoms with E-state index in [1.807, 2.05) is 0 Å². The molecular formula is C41H44. The first kappa shape index (κ1) is 27.5. The van der Waals surface area contributed by atoms with E-state index in [4.69, 9.17) is 0 Å². The van der Waals surface area contributed by atoms with Gasteiger partial charge in [0.25, 0.3) is 0 Å². The molecule has 1 atom stereocenters. The molecule has 0 saturated carbocycles. The largest absolute Gasteiger partial charge is 0.0801 e. The highest BCUT2D eigenvalue weighted by Crippen LogP contribution is 2.55. The summed E-state index contributed by atoms with van der Waals surface area (Å²) in [5.74, 6) is 0.296. The van der Waals surface area contributed by atoms with E-state index in [1.54, 1.807) is 0 Å². The Bertz CT molecular complexity index is 1590. The van der Waals surface area contributed by atoms with Gasteiger partial charge in [-0.05, 0) is 79.3 Å². The highest BCUT2D eigenvalue weighted by molar-refractivity contribution is 5.87. The van der Waals surface area contributed by atoms with Crippen molar-refractivity contribution in [2.45, 2.75) is 83.5 Å².